The van der Waals surface area contributed by atoms with Crippen LogP contribution in [-0.2, 0) is 4.79 Å². The van der Waals surface area contributed by atoms with Gasteiger partial charge in [-0.2, -0.15) is 57.7 Å². The van der Waals surface area contributed by atoms with Crippen LogP contribution in [0.5, 0.6) is 0 Å². The van der Waals surface area contributed by atoms with E-state index >= 15 is 0 Å². The number of carbonyl (C=O) groups is 1. The lowest BCUT2D eigenvalue weighted by molar-refractivity contribution is -0.350. The van der Waals surface area contributed by atoms with Crippen molar-refractivity contribution in [1.29, 1.82) is 0 Å². The van der Waals surface area contributed by atoms with Gasteiger partial charge in [0.1, 0.15) is 5.84 Å². The minimum absolute atomic E-state index is 0.250. The second-order valence-corrected chi connectivity index (χ2v) is 5.09. The first-order valence-electron chi connectivity index (χ1n) is 6.06. The number of amidine groups is 1. The van der Waals surface area contributed by atoms with Crippen molar-refractivity contribution in [2.75, 3.05) is 7.05 Å². The van der Waals surface area contributed by atoms with Crippen LogP contribution in [0.15, 0.2) is 4.99 Å². The first kappa shape index (κ1) is 22.3. The molecule has 4 nitrogen and oxygen atoms in total. The van der Waals surface area contributed by atoms with Crippen molar-refractivity contribution >= 4 is 11.7 Å². The van der Waals surface area contributed by atoms with Crippen molar-refractivity contribution in [2.45, 2.75) is 42.8 Å². The molecule has 1 heterocycles. The summed E-state index contributed by atoms with van der Waals surface area (Å²) in [4.78, 5) is 11.6. The monoisotopic (exact) mass is 413 g/mol. The van der Waals surface area contributed by atoms with E-state index in [1.165, 1.54) is 0 Å². The van der Waals surface area contributed by atoms with Gasteiger partial charge < -0.3 is 4.90 Å². The molecule has 0 spiro atoms. The van der Waals surface area contributed by atoms with Crippen LogP contribution in [0.25, 0.3) is 0 Å². The maximum absolute atomic E-state index is 13.2. The Balaban J connectivity index is 4.09. The molecule has 152 valence electrons. The van der Waals surface area contributed by atoms with Gasteiger partial charge in [0.2, 0.25) is 5.91 Å². The maximum Gasteiger partial charge on any atom is 0.434 e. The Hall–Kier alpha value is -1.74. The summed E-state index contributed by atoms with van der Waals surface area (Å²) in [5.41, 5.74) is -11.7. The predicted octanol–water partition coefficient (Wildman–Crippen LogP) is 3.15. The molecule has 0 bridgehead atoms. The number of nitrogens with zero attached hydrogens (tertiary/aromatic N) is 2. The molecule has 16 heteroatoms. The number of rotatable bonds is 0. The Morgan fingerprint density at radius 2 is 1.19 bits per heavy atom. The molecule has 1 N–H and O–H groups in total. The average Bonchev–Trinajstić information content (AvgIpc) is 2.58. The molecule has 0 aromatic rings. The van der Waals surface area contributed by atoms with Crippen LogP contribution in [0, 0.1) is 0 Å². The van der Waals surface area contributed by atoms with Crippen LogP contribution in [-0.4, -0.2) is 59.6 Å². The third kappa shape index (κ3) is 2.77. The van der Waals surface area contributed by atoms with E-state index in [1.54, 1.807) is 0 Å². The van der Waals surface area contributed by atoms with Gasteiger partial charge >= 0.3 is 24.7 Å². The summed E-state index contributed by atoms with van der Waals surface area (Å²) in [5.74, 6) is -4.72. The maximum atomic E-state index is 13.2. The van der Waals surface area contributed by atoms with Gasteiger partial charge in [-0.05, 0) is 0 Å². The minimum Gasteiger partial charge on any atom is -0.327 e. The number of likely N-dealkylation sites (N-methyl/N-ethyl adjacent to an activating group) is 1. The Morgan fingerprint density at radius 1 is 0.846 bits per heavy atom. The third-order valence-corrected chi connectivity index (χ3v) is 3.46. The van der Waals surface area contributed by atoms with E-state index in [9.17, 15) is 57.5 Å². The Bertz CT molecular complexity index is 583. The lowest BCUT2D eigenvalue weighted by Gasteiger charge is -2.39. The van der Waals surface area contributed by atoms with Crippen LogP contribution in [0.3, 0.4) is 0 Å². The fraction of sp³-hybridized carbons (Fsp3) is 0.800. The number of hydrogen-bond donors (Lipinski definition) is 1. The van der Waals surface area contributed by atoms with Gasteiger partial charge in [-0.3, -0.25) is 10.1 Å². The number of alkyl halides is 12. The molecule has 1 amide bonds. The summed E-state index contributed by atoms with van der Waals surface area (Å²) in [6.45, 7) is 0.250. The molecule has 1 aliphatic rings. The number of hydrogen-bond acceptors (Lipinski definition) is 2. The predicted molar refractivity (Wildman–Crippen MR) is 58.7 cm³/mol. The van der Waals surface area contributed by atoms with Crippen LogP contribution >= 0.6 is 0 Å². The highest BCUT2D eigenvalue weighted by molar-refractivity contribution is 6.02. The summed E-state index contributed by atoms with van der Waals surface area (Å²) in [5, 5.41) is -0.374. The molecule has 1 aliphatic heterocycles. The zero-order chi connectivity index (χ0) is 21.1. The van der Waals surface area contributed by atoms with Gasteiger partial charge in [0, 0.05) is 14.0 Å². The van der Waals surface area contributed by atoms with Crippen molar-refractivity contribution < 1.29 is 57.5 Å². The van der Waals surface area contributed by atoms with Crippen LogP contribution in [0.2, 0.25) is 0 Å². The molecule has 1 saturated heterocycles. The second kappa shape index (κ2) is 5.63. The molecule has 26 heavy (non-hydrogen) atoms. The molecular weight excluding hydrogens is 406 g/mol. The van der Waals surface area contributed by atoms with Crippen molar-refractivity contribution in [3.05, 3.63) is 0 Å². The summed E-state index contributed by atoms with van der Waals surface area (Å²) in [7, 11) is -0.338. The molecule has 0 aliphatic carbocycles. The number of nitrogens with one attached hydrogen (secondary N) is 1. The van der Waals surface area contributed by atoms with Gasteiger partial charge in [-0.25, -0.2) is 0 Å². The van der Waals surface area contributed by atoms with Crippen molar-refractivity contribution in [3.63, 3.8) is 0 Å². The fourth-order valence-electron chi connectivity index (χ4n) is 2.37. The molecule has 0 atom stereocenters. The summed E-state index contributed by atoms with van der Waals surface area (Å²) in [6, 6.07) is 0. The molecule has 0 saturated carbocycles. The topological polar surface area (TPSA) is 44.7 Å². The Morgan fingerprint density at radius 3 is 1.42 bits per heavy atom. The SMILES string of the molecule is CC(=O)N=C1N(C)C(C(F)(F)F)(C(F)(F)F)NC1(C(F)(F)F)C(F)(F)F. The van der Waals surface area contributed by atoms with Crippen molar-refractivity contribution in [1.82, 2.24) is 10.2 Å². The van der Waals surface area contributed by atoms with E-state index in [0.717, 1.165) is 0 Å². The van der Waals surface area contributed by atoms with E-state index in [0.29, 0.717) is 0 Å². The van der Waals surface area contributed by atoms with Gasteiger partial charge in [0.15, 0.2) is 0 Å². The van der Waals surface area contributed by atoms with Crippen LogP contribution < -0.4 is 5.32 Å². The van der Waals surface area contributed by atoms with Crippen LogP contribution in [0.4, 0.5) is 52.7 Å². The van der Waals surface area contributed by atoms with Gasteiger partial charge in [0.05, 0.1) is 0 Å². The first-order chi connectivity index (χ1) is 11.2. The van der Waals surface area contributed by atoms with Gasteiger partial charge in [-0.15, -0.1) is 0 Å². The number of halogens is 12. The summed E-state index contributed by atoms with van der Waals surface area (Å²) < 4.78 is 158. The third-order valence-electron chi connectivity index (χ3n) is 3.46. The standard InChI is InChI=1S/C10H7F12N3O/c1-3(26)23-4-5(7(11,12)13,8(14,15)16)24-6(25(4)2,9(17,18)19)10(20,21)22/h24H,1-2H3. The zero-order valence-electron chi connectivity index (χ0n) is 12.3. The summed E-state index contributed by atoms with van der Waals surface area (Å²) in [6.07, 6.45) is -27.0. The van der Waals surface area contributed by atoms with E-state index < -0.39 is 52.5 Å². The zero-order valence-corrected chi connectivity index (χ0v) is 12.3. The van der Waals surface area contributed by atoms with E-state index in [1.807, 2.05) is 0 Å². The number of carbonyl (C=O) groups excluding carboxylic acids is 1. The largest absolute Gasteiger partial charge is 0.434 e. The molecular formula is C10H7F12N3O. The Labute approximate surface area is 135 Å². The van der Waals surface area contributed by atoms with E-state index in [4.69, 9.17) is 0 Å². The van der Waals surface area contributed by atoms with Crippen molar-refractivity contribution in [2.24, 2.45) is 4.99 Å². The van der Waals surface area contributed by atoms with Crippen LogP contribution in [0.1, 0.15) is 6.92 Å². The lowest BCUT2D eigenvalue weighted by Crippen LogP contribution is -2.75. The highest BCUT2D eigenvalue weighted by Crippen LogP contribution is 2.56. The summed E-state index contributed by atoms with van der Waals surface area (Å²) >= 11 is 0. The molecule has 0 radical (unpaired) electrons. The lowest BCUT2D eigenvalue weighted by atomic mass is 9.96. The first-order valence-corrected chi connectivity index (χ1v) is 6.06. The molecule has 0 aromatic carbocycles. The minimum atomic E-state index is -6.77. The Kier molecular flexibility index (Phi) is 4.83. The fourth-order valence-corrected chi connectivity index (χ4v) is 2.37. The van der Waals surface area contributed by atoms with Gasteiger partial charge in [-0.1, -0.05) is 0 Å². The molecule has 1 rings (SSSR count). The highest BCUT2D eigenvalue weighted by atomic mass is 19.4. The second-order valence-electron chi connectivity index (χ2n) is 5.09. The molecule has 0 unspecified atom stereocenters. The highest BCUT2D eigenvalue weighted by Gasteiger charge is 2.89. The van der Waals surface area contributed by atoms with Crippen molar-refractivity contribution in [3.8, 4) is 0 Å². The quantitative estimate of drug-likeness (QED) is 0.621. The van der Waals surface area contributed by atoms with E-state index in [-0.39, 0.29) is 19.3 Å². The smallest absolute Gasteiger partial charge is 0.327 e. The normalized spacial score (nSPS) is 22.8. The molecule has 1 fully saturated rings. The number of amides is 1. The molecule has 0 aromatic heterocycles. The average molecular weight is 413 g/mol. The van der Waals surface area contributed by atoms with E-state index in [2.05, 4.69) is 4.99 Å². The number of aliphatic imine (C=N–C) groups is 1. The van der Waals surface area contributed by atoms with Gasteiger partial charge in [0.25, 0.3) is 11.2 Å².